The van der Waals surface area contributed by atoms with Crippen LogP contribution in [0.3, 0.4) is 0 Å². The molecule has 2 rings (SSSR count). The second-order valence-corrected chi connectivity index (χ2v) is 4.69. The van der Waals surface area contributed by atoms with E-state index in [1.807, 2.05) is 42.5 Å². The van der Waals surface area contributed by atoms with Crippen molar-refractivity contribution in [3.05, 3.63) is 53.0 Å². The highest BCUT2D eigenvalue weighted by Crippen LogP contribution is 2.28. The lowest BCUT2D eigenvalue weighted by atomic mass is 10.1. The first-order chi connectivity index (χ1) is 7.79. The van der Waals surface area contributed by atoms with Gasteiger partial charge in [0.05, 0.1) is 0 Å². The van der Waals surface area contributed by atoms with Crippen molar-refractivity contribution in [1.29, 1.82) is 0 Å². The summed E-state index contributed by atoms with van der Waals surface area (Å²) in [7, 11) is 0. The fraction of sp³-hybridized carbons (Fsp3) is 0.231. The van der Waals surface area contributed by atoms with Crippen LogP contribution >= 0.6 is 0 Å². The average molecular weight is 233 g/mol. The Morgan fingerprint density at radius 1 is 1.19 bits per heavy atom. The Morgan fingerprint density at radius 3 is 2.62 bits per heavy atom. The summed E-state index contributed by atoms with van der Waals surface area (Å²) < 4.78 is 22.4. The van der Waals surface area contributed by atoms with E-state index in [4.69, 9.17) is 0 Å². The number of allylic oxidation sites excluding steroid dienone is 4. The Labute approximate surface area is 98.0 Å². The van der Waals surface area contributed by atoms with E-state index in [0.717, 1.165) is 24.0 Å². The van der Waals surface area contributed by atoms with Crippen molar-refractivity contribution in [1.82, 2.24) is 0 Å². The van der Waals surface area contributed by atoms with Crippen LogP contribution in [0.1, 0.15) is 24.8 Å². The molecular formula is C13H13O2S-. The minimum atomic E-state index is -2.12. The van der Waals surface area contributed by atoms with Gasteiger partial charge in [-0.05, 0) is 41.5 Å². The molecule has 1 atom stereocenters. The second-order valence-electron chi connectivity index (χ2n) is 3.73. The lowest BCUT2D eigenvalue weighted by Crippen LogP contribution is -1.97. The molecule has 0 N–H and O–H groups in total. The maximum absolute atomic E-state index is 11.2. The number of hydrogen-bond acceptors (Lipinski definition) is 2. The van der Waals surface area contributed by atoms with E-state index in [0.29, 0.717) is 11.3 Å². The van der Waals surface area contributed by atoms with E-state index >= 15 is 0 Å². The summed E-state index contributed by atoms with van der Waals surface area (Å²) in [5.41, 5.74) is 1.81. The summed E-state index contributed by atoms with van der Waals surface area (Å²) in [4.78, 5) is 0.528. The summed E-state index contributed by atoms with van der Waals surface area (Å²) in [6, 6.07) is 9.66. The normalized spacial score (nSPS) is 18.3. The molecule has 84 valence electrons. The Bertz CT molecular complexity index is 446. The van der Waals surface area contributed by atoms with Gasteiger partial charge in [0, 0.05) is 4.91 Å². The lowest BCUT2D eigenvalue weighted by Gasteiger charge is -2.13. The summed E-state index contributed by atoms with van der Waals surface area (Å²) in [5, 5.41) is 0. The molecule has 3 heteroatoms. The molecule has 2 nitrogen and oxygen atoms in total. The van der Waals surface area contributed by atoms with E-state index in [1.54, 1.807) is 0 Å². The number of benzene rings is 1. The summed E-state index contributed by atoms with van der Waals surface area (Å²) >= 11 is -2.12. The summed E-state index contributed by atoms with van der Waals surface area (Å²) in [5.74, 6) is 0. The first-order valence-electron chi connectivity index (χ1n) is 5.33. The predicted octanol–water partition coefficient (Wildman–Crippen LogP) is 3.02. The van der Waals surface area contributed by atoms with Gasteiger partial charge in [0.1, 0.15) is 0 Å². The topological polar surface area (TPSA) is 40.1 Å². The third kappa shape index (κ3) is 2.49. The zero-order valence-corrected chi connectivity index (χ0v) is 9.70. The Morgan fingerprint density at radius 2 is 1.94 bits per heavy atom. The van der Waals surface area contributed by atoms with E-state index in [1.165, 1.54) is 0 Å². The van der Waals surface area contributed by atoms with Gasteiger partial charge in [-0.2, -0.15) is 0 Å². The van der Waals surface area contributed by atoms with Crippen molar-refractivity contribution in [3.63, 3.8) is 0 Å². The van der Waals surface area contributed by atoms with Crippen LogP contribution in [0, 0.1) is 0 Å². The van der Waals surface area contributed by atoms with Gasteiger partial charge in [-0.3, -0.25) is 4.21 Å². The molecule has 0 saturated heterocycles. The highest BCUT2D eigenvalue weighted by Gasteiger charge is 2.09. The number of rotatable bonds is 2. The lowest BCUT2D eigenvalue weighted by molar-refractivity contribution is 0.541. The average Bonchev–Trinajstić information content (AvgIpc) is 2.55. The van der Waals surface area contributed by atoms with Gasteiger partial charge in [0.15, 0.2) is 0 Å². The molecule has 1 unspecified atom stereocenters. The SMILES string of the molecule is O=S([O-])C1=C(c2ccccc2)C=CCCC1. The number of hydrogen-bond donors (Lipinski definition) is 0. The van der Waals surface area contributed by atoms with Crippen LogP contribution in [0.15, 0.2) is 47.4 Å². The van der Waals surface area contributed by atoms with Gasteiger partial charge < -0.3 is 4.55 Å². The monoisotopic (exact) mass is 233 g/mol. The molecule has 0 bridgehead atoms. The summed E-state index contributed by atoms with van der Waals surface area (Å²) in [6.07, 6.45) is 6.44. The highest BCUT2D eigenvalue weighted by molar-refractivity contribution is 7.83. The first kappa shape index (κ1) is 11.3. The van der Waals surface area contributed by atoms with Crippen molar-refractivity contribution in [3.8, 4) is 0 Å². The Balaban J connectivity index is 2.51. The van der Waals surface area contributed by atoms with Crippen LogP contribution in [0.5, 0.6) is 0 Å². The minimum absolute atomic E-state index is 0.528. The van der Waals surface area contributed by atoms with Crippen LogP contribution in [0.4, 0.5) is 0 Å². The zero-order chi connectivity index (χ0) is 11.4. The molecule has 0 aliphatic heterocycles. The van der Waals surface area contributed by atoms with Gasteiger partial charge in [0.25, 0.3) is 0 Å². The van der Waals surface area contributed by atoms with Crippen LogP contribution < -0.4 is 0 Å². The van der Waals surface area contributed by atoms with Crippen LogP contribution in [0.2, 0.25) is 0 Å². The van der Waals surface area contributed by atoms with Gasteiger partial charge in [0.2, 0.25) is 0 Å². The fourth-order valence-corrected chi connectivity index (χ4v) is 2.53. The van der Waals surface area contributed by atoms with Crippen molar-refractivity contribution in [2.24, 2.45) is 0 Å². The predicted molar refractivity (Wildman–Crippen MR) is 65.3 cm³/mol. The van der Waals surface area contributed by atoms with Gasteiger partial charge >= 0.3 is 0 Å². The molecule has 0 heterocycles. The van der Waals surface area contributed by atoms with E-state index in [9.17, 15) is 8.76 Å². The third-order valence-electron chi connectivity index (χ3n) is 2.65. The molecule has 1 aliphatic rings. The molecule has 0 spiro atoms. The molecule has 0 aromatic heterocycles. The van der Waals surface area contributed by atoms with Crippen molar-refractivity contribution in [2.45, 2.75) is 19.3 Å². The smallest absolute Gasteiger partial charge is 0.0102 e. The maximum atomic E-state index is 11.2. The second kappa shape index (κ2) is 5.23. The Kier molecular flexibility index (Phi) is 3.70. The molecule has 0 fully saturated rings. The van der Waals surface area contributed by atoms with Crippen molar-refractivity contribution in [2.75, 3.05) is 0 Å². The van der Waals surface area contributed by atoms with Crippen molar-refractivity contribution >= 4 is 16.7 Å². The molecule has 1 aromatic carbocycles. The molecular weight excluding hydrogens is 220 g/mol. The summed E-state index contributed by atoms with van der Waals surface area (Å²) in [6.45, 7) is 0. The highest BCUT2D eigenvalue weighted by atomic mass is 32.2. The van der Waals surface area contributed by atoms with Gasteiger partial charge in [-0.15, -0.1) is 0 Å². The van der Waals surface area contributed by atoms with Crippen LogP contribution in [-0.4, -0.2) is 8.76 Å². The van der Waals surface area contributed by atoms with Crippen LogP contribution in [0.25, 0.3) is 5.57 Å². The Hall–Kier alpha value is -1.19. The largest absolute Gasteiger partial charge is 0.769 e. The van der Waals surface area contributed by atoms with E-state index in [2.05, 4.69) is 0 Å². The van der Waals surface area contributed by atoms with Crippen LogP contribution in [-0.2, 0) is 11.1 Å². The first-order valence-corrected chi connectivity index (χ1v) is 6.41. The maximum Gasteiger partial charge on any atom is 0.0102 e. The molecule has 1 aliphatic carbocycles. The third-order valence-corrected chi connectivity index (χ3v) is 3.47. The fourth-order valence-electron chi connectivity index (χ4n) is 1.86. The van der Waals surface area contributed by atoms with E-state index < -0.39 is 11.1 Å². The molecule has 0 amide bonds. The molecule has 0 radical (unpaired) electrons. The molecule has 0 saturated carbocycles. The minimum Gasteiger partial charge on any atom is -0.769 e. The molecule has 16 heavy (non-hydrogen) atoms. The molecule has 1 aromatic rings. The van der Waals surface area contributed by atoms with E-state index in [-0.39, 0.29) is 0 Å². The van der Waals surface area contributed by atoms with Gasteiger partial charge in [-0.1, -0.05) is 42.5 Å². The quantitative estimate of drug-likeness (QED) is 0.737. The van der Waals surface area contributed by atoms with Crippen molar-refractivity contribution < 1.29 is 8.76 Å². The standard InChI is InChI=1S/C13H14O2S/c14-16(15)13-10-6-2-5-9-12(13)11-7-3-1-4-8-11/h1,3-5,7-9H,2,6,10H2,(H,14,15)/p-1. The van der Waals surface area contributed by atoms with Gasteiger partial charge in [-0.25, -0.2) is 0 Å². The zero-order valence-electron chi connectivity index (χ0n) is 8.89.